The van der Waals surface area contributed by atoms with E-state index in [0.717, 1.165) is 18.4 Å². The summed E-state index contributed by atoms with van der Waals surface area (Å²) in [6.07, 6.45) is 2.26. The Morgan fingerprint density at radius 3 is 2.87 bits per heavy atom. The van der Waals surface area contributed by atoms with Crippen LogP contribution < -0.4 is 5.32 Å². The molecule has 0 aliphatic heterocycles. The van der Waals surface area contributed by atoms with Crippen LogP contribution in [-0.4, -0.2) is 6.04 Å². The fourth-order valence-electron chi connectivity index (χ4n) is 1.50. The van der Waals surface area contributed by atoms with Gasteiger partial charge in [0.15, 0.2) is 0 Å². The summed E-state index contributed by atoms with van der Waals surface area (Å²) < 4.78 is 12.9. The molecule has 84 valence electrons. The van der Waals surface area contributed by atoms with Gasteiger partial charge in [0.2, 0.25) is 0 Å². The Labute approximate surface area is 95.6 Å². The zero-order valence-corrected chi connectivity index (χ0v) is 9.94. The monoisotopic (exact) mass is 229 g/mol. The highest BCUT2D eigenvalue weighted by Crippen LogP contribution is 2.17. The van der Waals surface area contributed by atoms with Crippen molar-refractivity contribution in [2.24, 2.45) is 0 Å². The smallest absolute Gasteiger partial charge is 0.123 e. The lowest BCUT2D eigenvalue weighted by Gasteiger charge is -2.13. The van der Waals surface area contributed by atoms with E-state index in [1.165, 1.54) is 12.1 Å². The van der Waals surface area contributed by atoms with Crippen LogP contribution in [0.25, 0.3) is 0 Å². The lowest BCUT2D eigenvalue weighted by atomic mass is 10.1. The molecule has 0 saturated carbocycles. The quantitative estimate of drug-likeness (QED) is 0.811. The summed E-state index contributed by atoms with van der Waals surface area (Å²) in [4.78, 5) is 0. The molecule has 1 unspecified atom stereocenters. The minimum absolute atomic E-state index is 0.237. The maximum Gasteiger partial charge on any atom is 0.123 e. The van der Waals surface area contributed by atoms with Gasteiger partial charge in [-0.1, -0.05) is 24.9 Å². The summed E-state index contributed by atoms with van der Waals surface area (Å²) in [6.45, 7) is 4.89. The van der Waals surface area contributed by atoms with Crippen molar-refractivity contribution in [1.82, 2.24) is 5.32 Å². The van der Waals surface area contributed by atoms with Crippen molar-refractivity contribution in [2.75, 3.05) is 0 Å². The average molecular weight is 230 g/mol. The van der Waals surface area contributed by atoms with E-state index in [-0.39, 0.29) is 5.82 Å². The van der Waals surface area contributed by atoms with Crippen molar-refractivity contribution in [3.05, 3.63) is 34.6 Å². The molecule has 0 radical (unpaired) electrons. The summed E-state index contributed by atoms with van der Waals surface area (Å²) in [7, 11) is 0. The van der Waals surface area contributed by atoms with Crippen LogP contribution in [0.2, 0.25) is 5.02 Å². The van der Waals surface area contributed by atoms with Crippen molar-refractivity contribution in [3.8, 4) is 0 Å². The van der Waals surface area contributed by atoms with Gasteiger partial charge in [-0.25, -0.2) is 4.39 Å². The Morgan fingerprint density at radius 1 is 1.47 bits per heavy atom. The summed E-state index contributed by atoms with van der Waals surface area (Å²) >= 11 is 5.95. The third-order valence-electron chi connectivity index (χ3n) is 2.37. The molecule has 0 spiro atoms. The van der Waals surface area contributed by atoms with E-state index in [2.05, 4.69) is 19.2 Å². The molecule has 0 heterocycles. The van der Waals surface area contributed by atoms with Crippen LogP contribution >= 0.6 is 11.6 Å². The Morgan fingerprint density at radius 2 is 2.20 bits per heavy atom. The van der Waals surface area contributed by atoms with Crippen molar-refractivity contribution in [1.29, 1.82) is 0 Å². The molecule has 1 aromatic rings. The van der Waals surface area contributed by atoms with Gasteiger partial charge in [0, 0.05) is 17.6 Å². The number of benzene rings is 1. The topological polar surface area (TPSA) is 12.0 Å². The maximum atomic E-state index is 12.9. The van der Waals surface area contributed by atoms with Crippen molar-refractivity contribution in [3.63, 3.8) is 0 Å². The van der Waals surface area contributed by atoms with Crippen molar-refractivity contribution in [2.45, 2.75) is 39.3 Å². The summed E-state index contributed by atoms with van der Waals surface area (Å²) in [5.74, 6) is -0.237. The zero-order valence-electron chi connectivity index (χ0n) is 9.19. The van der Waals surface area contributed by atoms with Crippen LogP contribution in [0, 0.1) is 5.82 Å². The number of nitrogens with one attached hydrogen (secondary N) is 1. The molecule has 0 aliphatic rings. The predicted octanol–water partition coefficient (Wildman–Crippen LogP) is 3.76. The Balaban J connectivity index is 2.53. The van der Waals surface area contributed by atoms with Gasteiger partial charge in [-0.05, 0) is 37.1 Å². The molecule has 0 bridgehead atoms. The van der Waals surface area contributed by atoms with Gasteiger partial charge in [0.1, 0.15) is 5.82 Å². The van der Waals surface area contributed by atoms with Crippen LogP contribution in [0.1, 0.15) is 32.3 Å². The van der Waals surface area contributed by atoms with Gasteiger partial charge >= 0.3 is 0 Å². The van der Waals surface area contributed by atoms with Crippen LogP contribution in [0.4, 0.5) is 4.39 Å². The number of halogens is 2. The highest BCUT2D eigenvalue weighted by molar-refractivity contribution is 6.31. The van der Waals surface area contributed by atoms with E-state index in [1.807, 2.05) is 0 Å². The highest BCUT2D eigenvalue weighted by atomic mass is 35.5. The molecular weight excluding hydrogens is 213 g/mol. The Hall–Kier alpha value is -0.600. The van der Waals surface area contributed by atoms with E-state index < -0.39 is 0 Å². The third-order valence-corrected chi connectivity index (χ3v) is 2.74. The SMILES string of the molecule is CCCC(C)NCc1cc(F)ccc1Cl. The molecule has 0 amide bonds. The Bertz CT molecular complexity index is 314. The number of hydrogen-bond acceptors (Lipinski definition) is 1. The molecule has 1 N–H and O–H groups in total. The van der Waals surface area contributed by atoms with E-state index in [4.69, 9.17) is 11.6 Å². The van der Waals surface area contributed by atoms with Gasteiger partial charge in [-0.15, -0.1) is 0 Å². The van der Waals surface area contributed by atoms with E-state index >= 15 is 0 Å². The fourth-order valence-corrected chi connectivity index (χ4v) is 1.68. The average Bonchev–Trinajstić information content (AvgIpc) is 2.20. The standard InChI is InChI=1S/C12H17ClFN/c1-3-4-9(2)15-8-10-7-11(14)5-6-12(10)13/h5-7,9,15H,3-4,8H2,1-2H3. The first-order valence-corrected chi connectivity index (χ1v) is 5.68. The predicted molar refractivity (Wildman–Crippen MR) is 62.6 cm³/mol. The van der Waals surface area contributed by atoms with Crippen LogP contribution in [0.5, 0.6) is 0 Å². The summed E-state index contributed by atoms with van der Waals surface area (Å²) in [5, 5.41) is 3.93. The minimum atomic E-state index is -0.237. The van der Waals surface area contributed by atoms with Crippen molar-refractivity contribution < 1.29 is 4.39 Å². The molecule has 15 heavy (non-hydrogen) atoms. The molecule has 1 rings (SSSR count). The molecule has 3 heteroatoms. The van der Waals surface area contributed by atoms with Crippen LogP contribution in [0.15, 0.2) is 18.2 Å². The number of hydrogen-bond donors (Lipinski definition) is 1. The number of rotatable bonds is 5. The normalized spacial score (nSPS) is 12.8. The molecule has 0 aliphatic carbocycles. The lowest BCUT2D eigenvalue weighted by Crippen LogP contribution is -2.25. The molecular formula is C12H17ClFN. The minimum Gasteiger partial charge on any atom is -0.310 e. The van der Waals surface area contributed by atoms with Gasteiger partial charge in [-0.2, -0.15) is 0 Å². The highest BCUT2D eigenvalue weighted by Gasteiger charge is 2.04. The first-order chi connectivity index (χ1) is 7.13. The molecule has 0 aromatic heterocycles. The molecule has 1 atom stereocenters. The second kappa shape index (κ2) is 6.09. The third kappa shape index (κ3) is 4.18. The van der Waals surface area contributed by atoms with Gasteiger partial charge in [-0.3, -0.25) is 0 Å². The maximum absolute atomic E-state index is 12.9. The molecule has 0 fully saturated rings. The zero-order chi connectivity index (χ0) is 11.3. The van der Waals surface area contributed by atoms with Gasteiger partial charge in [0.25, 0.3) is 0 Å². The second-order valence-electron chi connectivity index (χ2n) is 3.81. The van der Waals surface area contributed by atoms with Crippen molar-refractivity contribution >= 4 is 11.6 Å². The summed E-state index contributed by atoms with van der Waals surface area (Å²) in [5.41, 5.74) is 0.819. The Kier molecular flexibility index (Phi) is 5.06. The first-order valence-electron chi connectivity index (χ1n) is 5.30. The van der Waals surface area contributed by atoms with E-state index in [1.54, 1.807) is 6.07 Å². The second-order valence-corrected chi connectivity index (χ2v) is 4.21. The fraction of sp³-hybridized carbons (Fsp3) is 0.500. The van der Waals surface area contributed by atoms with E-state index in [0.29, 0.717) is 17.6 Å². The van der Waals surface area contributed by atoms with Gasteiger partial charge < -0.3 is 5.32 Å². The largest absolute Gasteiger partial charge is 0.310 e. The first kappa shape index (κ1) is 12.5. The van der Waals surface area contributed by atoms with Crippen LogP contribution in [-0.2, 0) is 6.54 Å². The van der Waals surface area contributed by atoms with Crippen LogP contribution in [0.3, 0.4) is 0 Å². The molecule has 1 nitrogen and oxygen atoms in total. The van der Waals surface area contributed by atoms with Gasteiger partial charge in [0.05, 0.1) is 0 Å². The lowest BCUT2D eigenvalue weighted by molar-refractivity contribution is 0.507. The summed E-state index contributed by atoms with van der Waals surface area (Å²) in [6, 6.07) is 4.89. The van der Waals surface area contributed by atoms with E-state index in [9.17, 15) is 4.39 Å². The molecule has 0 saturated heterocycles. The molecule has 1 aromatic carbocycles.